The third-order valence-corrected chi connectivity index (χ3v) is 2.67. The molecule has 0 saturated carbocycles. The maximum atomic E-state index is 11.7. The lowest BCUT2D eigenvalue weighted by Gasteiger charge is -2.13. The molecule has 0 radical (unpaired) electrons. The van der Waals surface area contributed by atoms with E-state index in [2.05, 4.69) is 17.6 Å². The summed E-state index contributed by atoms with van der Waals surface area (Å²) in [7, 11) is 0. The Labute approximate surface area is 103 Å². The van der Waals surface area contributed by atoms with Crippen molar-refractivity contribution in [1.82, 2.24) is 10.6 Å². The van der Waals surface area contributed by atoms with Crippen molar-refractivity contribution in [3.63, 3.8) is 0 Å². The maximum Gasteiger partial charge on any atom is 0.236 e. The van der Waals surface area contributed by atoms with Gasteiger partial charge < -0.3 is 15.1 Å². The molecule has 1 aromatic rings. The van der Waals surface area contributed by atoms with Crippen molar-refractivity contribution >= 4 is 5.91 Å². The number of hydrogen-bond acceptors (Lipinski definition) is 3. The van der Waals surface area contributed by atoms with Crippen LogP contribution in [0.4, 0.5) is 0 Å². The minimum atomic E-state index is -0.175. The van der Waals surface area contributed by atoms with Gasteiger partial charge in [-0.1, -0.05) is 19.8 Å². The summed E-state index contributed by atoms with van der Waals surface area (Å²) >= 11 is 0. The van der Waals surface area contributed by atoms with E-state index in [0.29, 0.717) is 6.54 Å². The average molecular weight is 238 g/mol. The van der Waals surface area contributed by atoms with Crippen molar-refractivity contribution < 1.29 is 9.21 Å². The van der Waals surface area contributed by atoms with E-state index in [1.165, 1.54) is 6.42 Å². The molecule has 1 rings (SSSR count). The van der Waals surface area contributed by atoms with Gasteiger partial charge in [0.15, 0.2) is 0 Å². The molecule has 0 aliphatic rings. The second kappa shape index (κ2) is 7.90. The van der Waals surface area contributed by atoms with Crippen LogP contribution in [0.1, 0.15) is 38.7 Å². The van der Waals surface area contributed by atoms with Gasteiger partial charge in [0.05, 0.1) is 18.6 Å². The molecule has 0 aliphatic carbocycles. The maximum absolute atomic E-state index is 11.7. The van der Waals surface area contributed by atoms with Gasteiger partial charge in [0.25, 0.3) is 0 Å². The molecule has 4 heteroatoms. The third kappa shape index (κ3) is 5.54. The SMILES string of the molecule is CCCCCNC(=O)C(C)NCc1ccoc1. The number of carbonyl (C=O) groups excluding carboxylic acids is 1. The molecule has 17 heavy (non-hydrogen) atoms. The Morgan fingerprint density at radius 2 is 2.29 bits per heavy atom. The number of carbonyl (C=O) groups is 1. The molecule has 1 heterocycles. The van der Waals surface area contributed by atoms with Crippen molar-refractivity contribution in [2.45, 2.75) is 45.7 Å². The zero-order valence-electron chi connectivity index (χ0n) is 10.7. The van der Waals surface area contributed by atoms with Crippen molar-refractivity contribution in [3.05, 3.63) is 24.2 Å². The minimum absolute atomic E-state index is 0.0598. The molecule has 1 aromatic heterocycles. The largest absolute Gasteiger partial charge is 0.472 e. The summed E-state index contributed by atoms with van der Waals surface area (Å²) in [5.41, 5.74) is 1.05. The van der Waals surface area contributed by atoms with Crippen molar-refractivity contribution in [2.24, 2.45) is 0 Å². The van der Waals surface area contributed by atoms with Crippen LogP contribution in [0, 0.1) is 0 Å². The zero-order chi connectivity index (χ0) is 12.5. The number of amides is 1. The number of furan rings is 1. The lowest BCUT2D eigenvalue weighted by molar-refractivity contribution is -0.122. The summed E-state index contributed by atoms with van der Waals surface area (Å²) in [5, 5.41) is 6.08. The first-order chi connectivity index (χ1) is 8.24. The Kier molecular flexibility index (Phi) is 6.40. The predicted molar refractivity (Wildman–Crippen MR) is 67.5 cm³/mol. The molecular weight excluding hydrogens is 216 g/mol. The highest BCUT2D eigenvalue weighted by Gasteiger charge is 2.11. The van der Waals surface area contributed by atoms with Crippen LogP contribution in [0.5, 0.6) is 0 Å². The molecule has 0 bridgehead atoms. The van der Waals surface area contributed by atoms with Gasteiger partial charge >= 0.3 is 0 Å². The fourth-order valence-electron chi connectivity index (χ4n) is 1.50. The van der Waals surface area contributed by atoms with Gasteiger partial charge in [0, 0.05) is 18.7 Å². The molecular formula is C13H22N2O2. The van der Waals surface area contributed by atoms with Gasteiger partial charge in [-0.05, 0) is 19.4 Å². The summed E-state index contributed by atoms with van der Waals surface area (Å²) in [6.45, 7) is 5.44. The lowest BCUT2D eigenvalue weighted by Crippen LogP contribution is -2.42. The molecule has 2 N–H and O–H groups in total. The molecule has 0 spiro atoms. The number of nitrogens with one attached hydrogen (secondary N) is 2. The molecule has 0 aliphatic heterocycles. The topological polar surface area (TPSA) is 54.3 Å². The number of rotatable bonds is 8. The summed E-state index contributed by atoms with van der Waals surface area (Å²) < 4.78 is 4.96. The van der Waals surface area contributed by atoms with Gasteiger partial charge in [-0.15, -0.1) is 0 Å². The Hall–Kier alpha value is -1.29. The molecule has 4 nitrogen and oxygen atoms in total. The summed E-state index contributed by atoms with van der Waals surface area (Å²) in [6, 6.07) is 1.71. The summed E-state index contributed by atoms with van der Waals surface area (Å²) in [4.78, 5) is 11.7. The highest BCUT2D eigenvalue weighted by molar-refractivity contribution is 5.81. The van der Waals surface area contributed by atoms with Crippen LogP contribution in [-0.4, -0.2) is 18.5 Å². The molecule has 0 fully saturated rings. The van der Waals surface area contributed by atoms with Gasteiger partial charge in [-0.2, -0.15) is 0 Å². The van der Waals surface area contributed by atoms with Gasteiger partial charge in [0.1, 0.15) is 0 Å². The second-order valence-electron chi connectivity index (χ2n) is 4.23. The van der Waals surface area contributed by atoms with E-state index in [4.69, 9.17) is 4.42 Å². The van der Waals surface area contributed by atoms with Crippen molar-refractivity contribution in [1.29, 1.82) is 0 Å². The van der Waals surface area contributed by atoms with Crippen LogP contribution in [0.15, 0.2) is 23.0 Å². The second-order valence-corrected chi connectivity index (χ2v) is 4.23. The van der Waals surface area contributed by atoms with Crippen LogP contribution in [0.25, 0.3) is 0 Å². The first-order valence-electron chi connectivity index (χ1n) is 6.26. The molecule has 1 atom stereocenters. The quantitative estimate of drug-likeness (QED) is 0.682. The highest BCUT2D eigenvalue weighted by atomic mass is 16.3. The Morgan fingerprint density at radius 1 is 1.47 bits per heavy atom. The van der Waals surface area contributed by atoms with Crippen LogP contribution in [0.3, 0.4) is 0 Å². The van der Waals surface area contributed by atoms with E-state index < -0.39 is 0 Å². The highest BCUT2D eigenvalue weighted by Crippen LogP contribution is 1.99. The van der Waals surface area contributed by atoms with Gasteiger partial charge in [-0.3, -0.25) is 4.79 Å². The number of unbranched alkanes of at least 4 members (excludes halogenated alkanes) is 2. The van der Waals surface area contributed by atoms with E-state index >= 15 is 0 Å². The summed E-state index contributed by atoms with van der Waals surface area (Å²) in [5.74, 6) is 0.0598. The van der Waals surface area contributed by atoms with E-state index in [1.807, 2.05) is 13.0 Å². The monoisotopic (exact) mass is 238 g/mol. The lowest BCUT2D eigenvalue weighted by atomic mass is 10.2. The standard InChI is InChI=1S/C13H22N2O2/c1-3-4-5-7-14-13(16)11(2)15-9-12-6-8-17-10-12/h6,8,10-11,15H,3-5,7,9H2,1-2H3,(H,14,16). The number of hydrogen-bond donors (Lipinski definition) is 2. The first-order valence-corrected chi connectivity index (χ1v) is 6.26. The van der Waals surface area contributed by atoms with Gasteiger partial charge in [-0.25, -0.2) is 0 Å². The van der Waals surface area contributed by atoms with Crippen molar-refractivity contribution in [2.75, 3.05) is 6.54 Å². The molecule has 0 saturated heterocycles. The molecule has 1 amide bonds. The van der Waals surface area contributed by atoms with Crippen LogP contribution in [0.2, 0.25) is 0 Å². The predicted octanol–water partition coefficient (Wildman–Crippen LogP) is 2.06. The van der Waals surface area contributed by atoms with Crippen LogP contribution < -0.4 is 10.6 Å². The Morgan fingerprint density at radius 3 is 2.94 bits per heavy atom. The van der Waals surface area contributed by atoms with E-state index in [-0.39, 0.29) is 11.9 Å². The normalized spacial score (nSPS) is 12.4. The van der Waals surface area contributed by atoms with E-state index in [9.17, 15) is 4.79 Å². The minimum Gasteiger partial charge on any atom is -0.472 e. The third-order valence-electron chi connectivity index (χ3n) is 2.67. The Bertz CT molecular complexity index is 309. The fourth-order valence-corrected chi connectivity index (χ4v) is 1.50. The fraction of sp³-hybridized carbons (Fsp3) is 0.615. The van der Waals surface area contributed by atoms with Crippen LogP contribution >= 0.6 is 0 Å². The Balaban J connectivity index is 2.13. The first kappa shape index (κ1) is 13.8. The average Bonchev–Trinajstić information content (AvgIpc) is 2.84. The molecule has 96 valence electrons. The summed E-state index contributed by atoms with van der Waals surface area (Å²) in [6.07, 6.45) is 6.70. The van der Waals surface area contributed by atoms with E-state index in [1.54, 1.807) is 12.5 Å². The smallest absolute Gasteiger partial charge is 0.236 e. The molecule has 0 aromatic carbocycles. The van der Waals surface area contributed by atoms with E-state index in [0.717, 1.165) is 24.9 Å². The van der Waals surface area contributed by atoms with Crippen molar-refractivity contribution in [3.8, 4) is 0 Å². The van der Waals surface area contributed by atoms with Crippen LogP contribution in [-0.2, 0) is 11.3 Å². The molecule has 1 unspecified atom stereocenters. The van der Waals surface area contributed by atoms with Gasteiger partial charge in [0.2, 0.25) is 5.91 Å². The zero-order valence-corrected chi connectivity index (χ0v) is 10.7.